The molecule has 2 aliphatic rings. The van der Waals surface area contributed by atoms with Crippen molar-refractivity contribution in [3.63, 3.8) is 0 Å². The number of rotatable bonds is 8. The van der Waals surface area contributed by atoms with Crippen LogP contribution in [0, 0.1) is 17.2 Å². The van der Waals surface area contributed by atoms with Gasteiger partial charge in [0.05, 0.1) is 11.7 Å². The molecule has 2 fully saturated rings. The highest BCUT2D eigenvalue weighted by atomic mass is 16.5. The molecule has 28 heavy (non-hydrogen) atoms. The van der Waals surface area contributed by atoms with Crippen LogP contribution in [0.15, 0.2) is 23.2 Å². The quantitative estimate of drug-likeness (QED) is 0.180. The van der Waals surface area contributed by atoms with Crippen LogP contribution in [0.1, 0.15) is 40.0 Å². The van der Waals surface area contributed by atoms with Crippen molar-refractivity contribution >= 4 is 11.7 Å². The second-order valence-corrected chi connectivity index (χ2v) is 8.25. The van der Waals surface area contributed by atoms with Crippen molar-refractivity contribution < 1.29 is 9.53 Å². The van der Waals surface area contributed by atoms with Gasteiger partial charge in [-0.1, -0.05) is 13.8 Å². The van der Waals surface area contributed by atoms with Crippen molar-refractivity contribution in [2.24, 2.45) is 23.3 Å². The van der Waals surface area contributed by atoms with Crippen molar-refractivity contribution in [1.29, 1.82) is 5.41 Å². The molecule has 2 rings (SSSR count). The molecule has 1 heterocycles. The second kappa shape index (κ2) is 9.93. The Balaban J connectivity index is 2.13. The summed E-state index contributed by atoms with van der Waals surface area (Å²) < 4.78 is 5.68. The zero-order valence-electron chi connectivity index (χ0n) is 17.5. The van der Waals surface area contributed by atoms with Gasteiger partial charge in [-0.05, 0) is 44.7 Å². The first-order valence-electron chi connectivity index (χ1n) is 10.1. The van der Waals surface area contributed by atoms with E-state index in [1.54, 1.807) is 20.1 Å². The Morgan fingerprint density at radius 3 is 2.54 bits per heavy atom. The highest BCUT2D eigenvalue weighted by Gasteiger charge is 2.32. The van der Waals surface area contributed by atoms with Crippen LogP contribution >= 0.6 is 0 Å². The molecular formula is C20H36N6O2. The number of hydrogen-bond donors (Lipinski definition) is 5. The first-order chi connectivity index (χ1) is 13.2. The minimum absolute atomic E-state index is 0.0249. The van der Waals surface area contributed by atoms with Crippen LogP contribution in [-0.2, 0) is 9.53 Å². The average Bonchev–Trinajstić information content (AvgIpc) is 3.48. The van der Waals surface area contributed by atoms with E-state index in [0.717, 1.165) is 32.4 Å². The lowest BCUT2D eigenvalue weighted by Crippen LogP contribution is -2.54. The summed E-state index contributed by atoms with van der Waals surface area (Å²) in [5, 5.41) is 14.2. The van der Waals surface area contributed by atoms with E-state index < -0.39 is 0 Å². The number of methoxy groups -OCH3 is 1. The number of hydrogen-bond acceptors (Lipinski definition) is 7. The fourth-order valence-corrected chi connectivity index (χ4v) is 3.31. The highest BCUT2D eigenvalue weighted by molar-refractivity contribution is 6.08. The number of nitrogens with two attached hydrogens (primary N) is 2. The van der Waals surface area contributed by atoms with Gasteiger partial charge in [0.1, 0.15) is 11.7 Å². The van der Waals surface area contributed by atoms with Crippen LogP contribution < -0.4 is 22.1 Å². The summed E-state index contributed by atoms with van der Waals surface area (Å²) in [7, 11) is 1.70. The van der Waals surface area contributed by atoms with E-state index in [4.69, 9.17) is 21.6 Å². The molecule has 1 saturated carbocycles. The predicted molar refractivity (Wildman–Crippen MR) is 111 cm³/mol. The molecule has 8 heteroatoms. The zero-order chi connectivity index (χ0) is 20.8. The van der Waals surface area contributed by atoms with Crippen LogP contribution in [0.4, 0.5) is 0 Å². The number of amidine groups is 1. The average molecular weight is 393 g/mol. The zero-order valence-corrected chi connectivity index (χ0v) is 17.5. The minimum Gasteiger partial charge on any atom is -0.402 e. The Morgan fingerprint density at radius 2 is 2.00 bits per heavy atom. The number of likely N-dealkylation sites (tertiary alicyclic amines) is 1. The maximum Gasteiger partial charge on any atom is 0.260 e. The van der Waals surface area contributed by atoms with Gasteiger partial charge in [-0.2, -0.15) is 0 Å². The molecule has 1 aliphatic carbocycles. The number of amides is 1. The van der Waals surface area contributed by atoms with E-state index in [0.29, 0.717) is 29.6 Å². The van der Waals surface area contributed by atoms with E-state index in [1.807, 2.05) is 4.90 Å². The molecule has 0 aromatic rings. The Hall–Kier alpha value is -2.06. The van der Waals surface area contributed by atoms with E-state index in [9.17, 15) is 4.79 Å². The predicted octanol–water partition coefficient (Wildman–Crippen LogP) is 0.858. The van der Waals surface area contributed by atoms with Gasteiger partial charge >= 0.3 is 0 Å². The van der Waals surface area contributed by atoms with Crippen LogP contribution in [0.2, 0.25) is 0 Å². The molecule has 2 atom stereocenters. The standard InChI is InChI=1S/C20H36N6O2/c1-12(2)10-24-16-7-8-26(11-17(16)28-4)19(23)15(9-13(3)21)20(27)25-18(22)14-5-6-14/h9,12,14,16-17,24H,5-8,10-11,21,23H2,1-4H3,(H2,22,25,27)/b13-9-,19-15-/t16-,17+/m1/s1. The third-order valence-electron chi connectivity index (χ3n) is 5.12. The number of piperidine rings is 1. The van der Waals surface area contributed by atoms with Gasteiger partial charge in [0.2, 0.25) is 0 Å². The fraction of sp³-hybridized carbons (Fsp3) is 0.700. The normalized spacial score (nSPS) is 24.2. The summed E-state index contributed by atoms with van der Waals surface area (Å²) in [5.74, 6) is 0.971. The lowest BCUT2D eigenvalue weighted by molar-refractivity contribution is -0.116. The first kappa shape index (κ1) is 22.2. The molecule has 1 aliphatic heterocycles. The Kier molecular flexibility index (Phi) is 7.88. The number of nitrogens with zero attached hydrogens (tertiary/aromatic N) is 1. The number of ether oxygens (including phenoxy) is 1. The van der Waals surface area contributed by atoms with Gasteiger partial charge in [0.25, 0.3) is 5.91 Å². The molecular weight excluding hydrogens is 356 g/mol. The maximum atomic E-state index is 12.7. The van der Waals surface area contributed by atoms with Crippen molar-refractivity contribution in [2.75, 3.05) is 26.7 Å². The van der Waals surface area contributed by atoms with E-state index in [1.165, 1.54) is 0 Å². The summed E-state index contributed by atoms with van der Waals surface area (Å²) in [4.78, 5) is 14.7. The molecule has 8 nitrogen and oxygen atoms in total. The number of carbonyl (C=O) groups excluding carboxylic acids is 1. The lowest BCUT2D eigenvalue weighted by Gasteiger charge is -2.40. The van der Waals surface area contributed by atoms with Gasteiger partial charge in [-0.3, -0.25) is 10.2 Å². The Bertz CT molecular complexity index is 635. The molecule has 0 aromatic carbocycles. The summed E-state index contributed by atoms with van der Waals surface area (Å²) in [6.45, 7) is 8.31. The van der Waals surface area contributed by atoms with Crippen molar-refractivity contribution in [3.8, 4) is 0 Å². The Morgan fingerprint density at radius 1 is 1.32 bits per heavy atom. The van der Waals surface area contributed by atoms with Crippen molar-refractivity contribution in [3.05, 3.63) is 23.2 Å². The third kappa shape index (κ3) is 6.24. The van der Waals surface area contributed by atoms with Crippen LogP contribution in [0.5, 0.6) is 0 Å². The summed E-state index contributed by atoms with van der Waals surface area (Å²) in [6.07, 6.45) is 4.32. The number of allylic oxidation sites excluding steroid dienone is 1. The molecule has 0 unspecified atom stereocenters. The largest absolute Gasteiger partial charge is 0.402 e. The maximum absolute atomic E-state index is 12.7. The molecule has 158 valence electrons. The first-order valence-corrected chi connectivity index (χ1v) is 10.1. The van der Waals surface area contributed by atoms with E-state index >= 15 is 0 Å². The molecule has 0 aromatic heterocycles. The number of nitrogens with one attached hydrogen (secondary N) is 3. The molecule has 1 saturated heterocycles. The SMILES string of the molecule is CO[C@H]1CN(/C(N)=C(/C=C(/C)N)C(=O)NC(=N)C2CC2)CC[C@H]1NCC(C)C. The van der Waals surface area contributed by atoms with Gasteiger partial charge in [0.15, 0.2) is 0 Å². The van der Waals surface area contributed by atoms with Crippen molar-refractivity contribution in [2.45, 2.75) is 52.2 Å². The monoisotopic (exact) mass is 392 g/mol. The molecule has 7 N–H and O–H groups in total. The topological polar surface area (TPSA) is 129 Å². The van der Waals surface area contributed by atoms with Crippen molar-refractivity contribution in [1.82, 2.24) is 15.5 Å². The molecule has 1 amide bonds. The van der Waals surface area contributed by atoms with Gasteiger partial charge < -0.3 is 31.7 Å². The van der Waals surface area contributed by atoms with Crippen LogP contribution in [0.3, 0.4) is 0 Å². The van der Waals surface area contributed by atoms with Gasteiger partial charge in [0, 0.05) is 37.9 Å². The molecule has 0 spiro atoms. The highest BCUT2D eigenvalue weighted by Crippen LogP contribution is 2.29. The molecule has 0 radical (unpaired) electrons. The van der Waals surface area contributed by atoms with E-state index in [-0.39, 0.29) is 29.8 Å². The summed E-state index contributed by atoms with van der Waals surface area (Å²) in [6, 6.07) is 0.253. The minimum atomic E-state index is -0.381. The smallest absolute Gasteiger partial charge is 0.260 e. The number of carbonyl (C=O) groups is 1. The van der Waals surface area contributed by atoms with Crippen LogP contribution in [-0.4, -0.2) is 55.5 Å². The van der Waals surface area contributed by atoms with Crippen LogP contribution in [0.25, 0.3) is 0 Å². The second-order valence-electron chi connectivity index (χ2n) is 8.25. The van der Waals surface area contributed by atoms with Gasteiger partial charge in [-0.25, -0.2) is 0 Å². The van der Waals surface area contributed by atoms with E-state index in [2.05, 4.69) is 24.5 Å². The summed E-state index contributed by atoms with van der Waals surface area (Å²) in [5.41, 5.74) is 13.0. The fourth-order valence-electron chi connectivity index (χ4n) is 3.31. The molecule has 0 bridgehead atoms. The van der Waals surface area contributed by atoms with Gasteiger partial charge in [-0.15, -0.1) is 0 Å². The summed E-state index contributed by atoms with van der Waals surface area (Å²) >= 11 is 0. The lowest BCUT2D eigenvalue weighted by atomic mass is 10.00. The third-order valence-corrected chi connectivity index (χ3v) is 5.12. The Labute approximate surface area is 168 Å².